The maximum absolute atomic E-state index is 11.0. The van der Waals surface area contributed by atoms with Crippen molar-refractivity contribution in [1.29, 1.82) is 0 Å². The second-order valence-corrected chi connectivity index (χ2v) is 7.88. The van der Waals surface area contributed by atoms with Crippen molar-refractivity contribution in [2.45, 2.75) is 19.1 Å². The molecule has 2 aliphatic rings. The van der Waals surface area contributed by atoms with Gasteiger partial charge in [0.2, 0.25) is 0 Å². The van der Waals surface area contributed by atoms with Crippen molar-refractivity contribution in [3.63, 3.8) is 0 Å². The van der Waals surface area contributed by atoms with Crippen molar-refractivity contribution < 1.29 is 24.3 Å². The molecule has 30 heavy (non-hydrogen) atoms. The Morgan fingerprint density at radius 2 is 2.13 bits per heavy atom. The molecule has 0 unspecified atom stereocenters. The largest absolute Gasteiger partial charge is 0.489 e. The minimum absolute atomic E-state index is 0.196. The first-order valence-corrected chi connectivity index (χ1v) is 9.68. The molecule has 1 aromatic heterocycles. The highest BCUT2D eigenvalue weighted by molar-refractivity contribution is 6.33. The van der Waals surface area contributed by atoms with Gasteiger partial charge >= 0.3 is 17.9 Å². The van der Waals surface area contributed by atoms with Gasteiger partial charge in [-0.2, -0.15) is 0 Å². The molecular weight excluding hydrogens is 418 g/mol. The zero-order valence-corrected chi connectivity index (χ0v) is 16.9. The average molecular weight is 438 g/mol. The number of imidazole rings is 1. The Bertz CT molecular complexity index is 964. The number of carbonyl (C=O) groups is 1. The number of piperazine rings is 1. The van der Waals surface area contributed by atoms with Gasteiger partial charge in [-0.05, 0) is 24.0 Å². The number of hydrogen-bond acceptors (Lipinski definition) is 7. The van der Waals surface area contributed by atoms with Crippen LogP contribution in [-0.4, -0.2) is 69.0 Å². The molecule has 0 saturated carbocycles. The van der Waals surface area contributed by atoms with Crippen molar-refractivity contribution in [2.24, 2.45) is 0 Å². The molecule has 1 atom stereocenters. The number of nitro groups is 1. The quantitative estimate of drug-likeness (QED) is 0.559. The summed E-state index contributed by atoms with van der Waals surface area (Å²) < 4.78 is 13.2. The van der Waals surface area contributed by atoms with Crippen LogP contribution in [0.25, 0.3) is 0 Å². The summed E-state index contributed by atoms with van der Waals surface area (Å²) in [6.45, 7) is 4.40. The van der Waals surface area contributed by atoms with E-state index in [0.29, 0.717) is 43.5 Å². The lowest BCUT2D eigenvalue weighted by molar-refractivity contribution is -0.389. The van der Waals surface area contributed by atoms with E-state index in [1.165, 1.54) is 11.1 Å². The van der Waals surface area contributed by atoms with Gasteiger partial charge in [-0.15, -0.1) is 0 Å². The second kappa shape index (κ2) is 7.56. The van der Waals surface area contributed by atoms with Crippen LogP contribution in [0, 0.1) is 10.1 Å². The summed E-state index contributed by atoms with van der Waals surface area (Å²) in [4.78, 5) is 28.6. The molecule has 3 heterocycles. The monoisotopic (exact) mass is 437 g/mol. The maximum atomic E-state index is 11.0. The fraction of sp³-hybridized carbons (Fsp3) is 0.444. The minimum atomic E-state index is -0.913. The van der Waals surface area contributed by atoms with Crippen LogP contribution < -0.4 is 14.4 Å². The van der Waals surface area contributed by atoms with Crippen molar-refractivity contribution in [3.8, 4) is 11.8 Å². The standard InChI is InChI=1S/C18H20ClN5O6/c1-18(10-23-9-15(24(27)28)20-16(23)30-18)11-29-12-2-3-14(13(19)8-12)21-4-6-22(7-5-21)17(25)26/h2-3,8-9H,4-7,10-11H2,1H3,(H,25,26)/t18-/m1/s1. The summed E-state index contributed by atoms with van der Waals surface area (Å²) >= 11 is 6.43. The van der Waals surface area contributed by atoms with E-state index in [9.17, 15) is 14.9 Å². The van der Waals surface area contributed by atoms with Crippen LogP contribution in [0.5, 0.6) is 11.8 Å². The van der Waals surface area contributed by atoms with Gasteiger partial charge in [-0.25, -0.2) is 4.79 Å². The van der Waals surface area contributed by atoms with Gasteiger partial charge in [-0.3, -0.25) is 4.57 Å². The summed E-state index contributed by atoms with van der Waals surface area (Å²) in [5.74, 6) is 0.313. The lowest BCUT2D eigenvalue weighted by atomic mass is 10.1. The number of carboxylic acid groups (broad SMARTS) is 1. The molecule has 1 N–H and O–H groups in total. The third-order valence-corrected chi connectivity index (χ3v) is 5.41. The van der Waals surface area contributed by atoms with Gasteiger partial charge in [-0.1, -0.05) is 11.6 Å². The summed E-state index contributed by atoms with van der Waals surface area (Å²) in [6.07, 6.45) is 0.430. The number of rotatable bonds is 5. The Hall–Kier alpha value is -3.21. The Morgan fingerprint density at radius 3 is 2.73 bits per heavy atom. The molecule has 2 aromatic rings. The summed E-state index contributed by atoms with van der Waals surface area (Å²) in [5, 5.41) is 20.4. The Balaban J connectivity index is 1.36. The fourth-order valence-corrected chi connectivity index (χ4v) is 3.86. The molecule has 0 bridgehead atoms. The second-order valence-electron chi connectivity index (χ2n) is 7.48. The van der Waals surface area contributed by atoms with E-state index in [1.54, 1.807) is 16.7 Å². The molecular formula is C18H20ClN5O6. The van der Waals surface area contributed by atoms with E-state index in [4.69, 9.17) is 26.2 Å². The molecule has 4 rings (SSSR count). The molecule has 11 nitrogen and oxygen atoms in total. The number of ether oxygens (including phenoxy) is 2. The fourth-order valence-electron chi connectivity index (χ4n) is 3.56. The lowest BCUT2D eigenvalue weighted by Crippen LogP contribution is -2.48. The molecule has 0 spiro atoms. The van der Waals surface area contributed by atoms with Crippen molar-refractivity contribution in [1.82, 2.24) is 14.5 Å². The van der Waals surface area contributed by atoms with Crippen LogP contribution in [0.4, 0.5) is 16.3 Å². The van der Waals surface area contributed by atoms with E-state index in [2.05, 4.69) is 4.98 Å². The highest BCUT2D eigenvalue weighted by Crippen LogP contribution is 2.33. The van der Waals surface area contributed by atoms with Crippen molar-refractivity contribution >= 4 is 29.2 Å². The highest BCUT2D eigenvalue weighted by atomic mass is 35.5. The summed E-state index contributed by atoms with van der Waals surface area (Å²) in [7, 11) is 0. The van der Waals surface area contributed by atoms with E-state index in [1.807, 2.05) is 17.9 Å². The first-order chi connectivity index (χ1) is 14.2. The molecule has 160 valence electrons. The third-order valence-electron chi connectivity index (χ3n) is 5.11. The number of aromatic nitrogens is 2. The Morgan fingerprint density at radius 1 is 1.40 bits per heavy atom. The van der Waals surface area contributed by atoms with Crippen LogP contribution in [0.1, 0.15) is 6.92 Å². The van der Waals surface area contributed by atoms with Gasteiger partial charge in [0.25, 0.3) is 0 Å². The van der Waals surface area contributed by atoms with Gasteiger partial charge < -0.3 is 34.5 Å². The van der Waals surface area contributed by atoms with E-state index < -0.39 is 16.6 Å². The lowest BCUT2D eigenvalue weighted by Gasteiger charge is -2.35. The predicted molar refractivity (Wildman–Crippen MR) is 107 cm³/mol. The molecule has 12 heteroatoms. The Labute approximate surface area is 176 Å². The number of hydrogen-bond donors (Lipinski definition) is 1. The molecule has 2 aliphatic heterocycles. The first-order valence-electron chi connectivity index (χ1n) is 9.30. The molecule has 0 aliphatic carbocycles. The SMILES string of the molecule is C[C@]1(COc2ccc(N3CCN(C(=O)O)CC3)c(Cl)c2)Cn2cc([N+](=O)[O-])nc2O1. The average Bonchev–Trinajstić information content (AvgIpc) is 3.22. The smallest absolute Gasteiger partial charge is 0.415 e. The van der Waals surface area contributed by atoms with Crippen LogP contribution >= 0.6 is 11.6 Å². The van der Waals surface area contributed by atoms with Gasteiger partial charge in [0.1, 0.15) is 18.6 Å². The van der Waals surface area contributed by atoms with Crippen molar-refractivity contribution in [3.05, 3.63) is 39.5 Å². The number of fused-ring (bicyclic) bond motifs is 1. The summed E-state index contributed by atoms with van der Waals surface area (Å²) in [6, 6.07) is 5.55. The number of halogens is 1. The van der Waals surface area contributed by atoms with Crippen LogP contribution in [-0.2, 0) is 6.54 Å². The number of amides is 1. The molecule has 0 radical (unpaired) electrons. The van der Waals surface area contributed by atoms with Crippen LogP contribution in [0.2, 0.25) is 5.02 Å². The number of nitrogens with zero attached hydrogens (tertiary/aromatic N) is 5. The van der Waals surface area contributed by atoms with Crippen LogP contribution in [0.15, 0.2) is 24.4 Å². The third kappa shape index (κ3) is 3.92. The normalized spacial score (nSPS) is 20.6. The number of anilines is 1. The molecule has 1 amide bonds. The van der Waals surface area contributed by atoms with E-state index in [0.717, 1.165) is 5.69 Å². The molecule has 1 fully saturated rings. The molecule has 1 aromatic carbocycles. The predicted octanol–water partition coefficient (Wildman–Crippen LogP) is 2.47. The first kappa shape index (κ1) is 20.1. The van der Waals surface area contributed by atoms with Gasteiger partial charge in [0.05, 0.1) is 17.3 Å². The zero-order valence-electron chi connectivity index (χ0n) is 16.2. The minimum Gasteiger partial charge on any atom is -0.489 e. The van der Waals surface area contributed by atoms with Gasteiger partial charge in [0, 0.05) is 37.2 Å². The van der Waals surface area contributed by atoms with Crippen LogP contribution in [0.3, 0.4) is 0 Å². The molecule has 1 saturated heterocycles. The summed E-state index contributed by atoms with van der Waals surface area (Å²) in [5.41, 5.74) is 0.111. The zero-order chi connectivity index (χ0) is 21.5. The highest BCUT2D eigenvalue weighted by Gasteiger charge is 2.41. The Kier molecular flexibility index (Phi) is 5.06. The van der Waals surface area contributed by atoms with Gasteiger partial charge in [0.15, 0.2) is 5.60 Å². The van der Waals surface area contributed by atoms with E-state index in [-0.39, 0.29) is 18.4 Å². The topological polar surface area (TPSA) is 123 Å². The van der Waals surface area contributed by atoms with Crippen molar-refractivity contribution in [2.75, 3.05) is 37.7 Å². The number of benzene rings is 1. The maximum Gasteiger partial charge on any atom is 0.415 e. The van der Waals surface area contributed by atoms with E-state index >= 15 is 0 Å².